The van der Waals surface area contributed by atoms with Gasteiger partial charge >= 0.3 is 0 Å². The third kappa shape index (κ3) is 2.67. The number of fused-ring (bicyclic) bond motifs is 2. The highest BCUT2D eigenvalue weighted by Crippen LogP contribution is 2.29. The predicted octanol–water partition coefficient (Wildman–Crippen LogP) is 2.72. The van der Waals surface area contributed by atoms with E-state index >= 15 is 0 Å². The van der Waals surface area contributed by atoms with Crippen molar-refractivity contribution in [1.82, 2.24) is 10.2 Å². The summed E-state index contributed by atoms with van der Waals surface area (Å²) >= 11 is 0. The highest BCUT2D eigenvalue weighted by atomic mass is 19.1. The van der Waals surface area contributed by atoms with Crippen LogP contribution in [0.5, 0.6) is 5.75 Å². The zero-order valence-electron chi connectivity index (χ0n) is 12.2. The summed E-state index contributed by atoms with van der Waals surface area (Å²) in [5.74, 6) is 0.0452. The van der Waals surface area contributed by atoms with Crippen LogP contribution in [-0.2, 0) is 0 Å². The number of methoxy groups -OCH3 is 1. The van der Waals surface area contributed by atoms with Gasteiger partial charge in [-0.05, 0) is 43.9 Å². The molecular formula is C16H23FN2O. The fourth-order valence-corrected chi connectivity index (χ4v) is 3.48. The molecule has 0 aliphatic carbocycles. The smallest absolute Gasteiger partial charge is 0.165 e. The SMILES string of the molecule is COc1ccc(C(C)N2CCC3CCC(C2)N3)cc1F. The molecule has 0 radical (unpaired) electrons. The van der Waals surface area contributed by atoms with Gasteiger partial charge < -0.3 is 10.1 Å². The van der Waals surface area contributed by atoms with E-state index in [-0.39, 0.29) is 11.9 Å². The average molecular weight is 278 g/mol. The quantitative estimate of drug-likeness (QED) is 0.920. The molecule has 2 aliphatic rings. The number of hydrogen-bond acceptors (Lipinski definition) is 3. The molecule has 3 unspecified atom stereocenters. The van der Waals surface area contributed by atoms with E-state index in [1.807, 2.05) is 6.07 Å². The molecule has 3 atom stereocenters. The lowest BCUT2D eigenvalue weighted by molar-refractivity contribution is 0.199. The highest BCUT2D eigenvalue weighted by Gasteiger charge is 2.31. The van der Waals surface area contributed by atoms with E-state index in [1.54, 1.807) is 12.1 Å². The predicted molar refractivity (Wildman–Crippen MR) is 77.5 cm³/mol. The molecule has 0 saturated carbocycles. The minimum atomic E-state index is -0.272. The van der Waals surface area contributed by atoms with Gasteiger partial charge in [-0.15, -0.1) is 0 Å². The Balaban J connectivity index is 1.74. The molecular weight excluding hydrogens is 255 g/mol. The molecule has 2 heterocycles. The van der Waals surface area contributed by atoms with E-state index < -0.39 is 0 Å². The normalized spacial score (nSPS) is 28.1. The van der Waals surface area contributed by atoms with E-state index in [1.165, 1.54) is 26.4 Å². The summed E-state index contributed by atoms with van der Waals surface area (Å²) in [6.45, 7) is 4.31. The third-order valence-corrected chi connectivity index (χ3v) is 4.76. The molecule has 1 aromatic carbocycles. The van der Waals surface area contributed by atoms with Gasteiger partial charge in [-0.1, -0.05) is 6.07 Å². The Kier molecular flexibility index (Phi) is 3.94. The monoisotopic (exact) mass is 278 g/mol. The molecule has 0 amide bonds. The molecule has 2 aliphatic heterocycles. The van der Waals surface area contributed by atoms with Crippen LogP contribution in [0.4, 0.5) is 4.39 Å². The molecule has 2 saturated heterocycles. The van der Waals surface area contributed by atoms with Crippen molar-refractivity contribution in [1.29, 1.82) is 0 Å². The van der Waals surface area contributed by atoms with Crippen molar-refractivity contribution in [2.24, 2.45) is 0 Å². The Hall–Kier alpha value is -1.13. The Morgan fingerprint density at radius 3 is 2.85 bits per heavy atom. The lowest BCUT2D eigenvalue weighted by atomic mass is 10.0. The lowest BCUT2D eigenvalue weighted by Crippen LogP contribution is -2.36. The van der Waals surface area contributed by atoms with Crippen LogP contribution in [0.1, 0.15) is 37.8 Å². The van der Waals surface area contributed by atoms with Gasteiger partial charge in [0.15, 0.2) is 11.6 Å². The molecule has 110 valence electrons. The number of rotatable bonds is 3. The van der Waals surface area contributed by atoms with Crippen LogP contribution < -0.4 is 10.1 Å². The van der Waals surface area contributed by atoms with Crippen LogP contribution in [0.2, 0.25) is 0 Å². The fraction of sp³-hybridized carbons (Fsp3) is 0.625. The molecule has 3 rings (SSSR count). The van der Waals surface area contributed by atoms with Crippen molar-refractivity contribution >= 4 is 0 Å². The van der Waals surface area contributed by atoms with Crippen molar-refractivity contribution in [3.8, 4) is 5.75 Å². The van der Waals surface area contributed by atoms with Crippen molar-refractivity contribution in [2.45, 2.75) is 44.3 Å². The zero-order valence-corrected chi connectivity index (χ0v) is 12.2. The van der Waals surface area contributed by atoms with E-state index in [9.17, 15) is 4.39 Å². The summed E-state index contributed by atoms with van der Waals surface area (Å²) in [4.78, 5) is 2.47. The molecule has 4 heteroatoms. The second-order valence-electron chi connectivity index (χ2n) is 5.99. The number of likely N-dealkylation sites (tertiary alicyclic amines) is 1. The van der Waals surface area contributed by atoms with Gasteiger partial charge in [0, 0.05) is 31.2 Å². The van der Waals surface area contributed by atoms with E-state index in [2.05, 4.69) is 17.1 Å². The first-order chi connectivity index (χ1) is 9.67. The van der Waals surface area contributed by atoms with Crippen molar-refractivity contribution in [3.05, 3.63) is 29.6 Å². The van der Waals surface area contributed by atoms with Gasteiger partial charge in [-0.2, -0.15) is 0 Å². The first kappa shape index (κ1) is 13.8. The number of nitrogens with zero attached hydrogens (tertiary/aromatic N) is 1. The number of hydrogen-bond donors (Lipinski definition) is 1. The Morgan fingerprint density at radius 2 is 2.10 bits per heavy atom. The molecule has 1 aromatic rings. The first-order valence-electron chi connectivity index (χ1n) is 7.51. The summed E-state index contributed by atoms with van der Waals surface area (Å²) in [5, 5.41) is 3.68. The van der Waals surface area contributed by atoms with Crippen LogP contribution in [-0.4, -0.2) is 37.2 Å². The number of benzene rings is 1. The van der Waals surface area contributed by atoms with Crippen molar-refractivity contribution < 1.29 is 9.13 Å². The summed E-state index contributed by atoms with van der Waals surface area (Å²) in [6.07, 6.45) is 3.77. The topological polar surface area (TPSA) is 24.5 Å². The fourth-order valence-electron chi connectivity index (χ4n) is 3.48. The lowest BCUT2D eigenvalue weighted by Gasteiger charge is -2.30. The minimum Gasteiger partial charge on any atom is -0.494 e. The van der Waals surface area contributed by atoms with Crippen LogP contribution in [0, 0.1) is 5.82 Å². The third-order valence-electron chi connectivity index (χ3n) is 4.76. The van der Waals surface area contributed by atoms with E-state index in [0.717, 1.165) is 18.7 Å². The van der Waals surface area contributed by atoms with Crippen LogP contribution in [0.15, 0.2) is 18.2 Å². The Morgan fingerprint density at radius 1 is 1.30 bits per heavy atom. The molecule has 0 aromatic heterocycles. The van der Waals surface area contributed by atoms with Crippen LogP contribution >= 0.6 is 0 Å². The molecule has 2 bridgehead atoms. The summed E-state index contributed by atoms with van der Waals surface area (Å²) < 4.78 is 18.8. The Labute approximate surface area is 120 Å². The van der Waals surface area contributed by atoms with Crippen molar-refractivity contribution in [2.75, 3.05) is 20.2 Å². The number of nitrogens with one attached hydrogen (secondary N) is 1. The molecule has 3 nitrogen and oxygen atoms in total. The molecule has 2 fully saturated rings. The molecule has 1 N–H and O–H groups in total. The zero-order chi connectivity index (χ0) is 14.1. The van der Waals surface area contributed by atoms with Crippen LogP contribution in [0.25, 0.3) is 0 Å². The van der Waals surface area contributed by atoms with Gasteiger partial charge in [0.1, 0.15) is 0 Å². The number of halogens is 1. The second-order valence-corrected chi connectivity index (χ2v) is 5.99. The maximum Gasteiger partial charge on any atom is 0.165 e. The Bertz CT molecular complexity index is 480. The van der Waals surface area contributed by atoms with Gasteiger partial charge in [0.05, 0.1) is 7.11 Å². The van der Waals surface area contributed by atoms with Crippen molar-refractivity contribution in [3.63, 3.8) is 0 Å². The highest BCUT2D eigenvalue weighted by molar-refractivity contribution is 5.31. The van der Waals surface area contributed by atoms with Gasteiger partial charge in [-0.25, -0.2) is 4.39 Å². The number of ether oxygens (including phenoxy) is 1. The molecule has 0 spiro atoms. The molecule has 20 heavy (non-hydrogen) atoms. The minimum absolute atomic E-state index is 0.247. The van der Waals surface area contributed by atoms with Gasteiger partial charge in [0.2, 0.25) is 0 Å². The summed E-state index contributed by atoms with van der Waals surface area (Å²) in [7, 11) is 1.50. The van der Waals surface area contributed by atoms with E-state index in [4.69, 9.17) is 4.74 Å². The maximum absolute atomic E-state index is 13.9. The van der Waals surface area contributed by atoms with Crippen LogP contribution in [0.3, 0.4) is 0 Å². The summed E-state index contributed by atoms with van der Waals surface area (Å²) in [5.41, 5.74) is 1.03. The summed E-state index contributed by atoms with van der Waals surface area (Å²) in [6, 6.07) is 6.85. The van der Waals surface area contributed by atoms with E-state index in [0.29, 0.717) is 17.8 Å². The first-order valence-corrected chi connectivity index (χ1v) is 7.51. The van der Waals surface area contributed by atoms with Gasteiger partial charge in [-0.3, -0.25) is 4.90 Å². The largest absolute Gasteiger partial charge is 0.494 e. The standard InChI is InChI=1S/C16H23FN2O/c1-11(12-3-6-16(20-2)15(17)9-12)19-8-7-13-4-5-14(10-19)18-13/h3,6,9,11,13-14,18H,4-5,7-8,10H2,1-2H3. The van der Waals surface area contributed by atoms with Gasteiger partial charge in [0.25, 0.3) is 0 Å². The average Bonchev–Trinajstić information content (AvgIpc) is 2.77. The second kappa shape index (κ2) is 5.70. The maximum atomic E-state index is 13.9.